The first-order chi connectivity index (χ1) is 13.0. The molecule has 2 saturated heterocycles. The summed E-state index contributed by atoms with van der Waals surface area (Å²) in [5.41, 5.74) is -0.430. The van der Waals surface area contributed by atoms with Crippen LogP contribution in [0.4, 0.5) is 0 Å². The molecule has 1 N–H and O–H groups in total. The Morgan fingerprint density at radius 1 is 1.44 bits per heavy atom. The number of likely N-dealkylation sites (tertiary alicyclic amines) is 1. The molecule has 148 valence electrons. The minimum Gasteiger partial charge on any atom is -0.469 e. The van der Waals surface area contributed by atoms with E-state index in [4.69, 9.17) is 9.15 Å². The molecule has 2 amide bonds. The van der Waals surface area contributed by atoms with Crippen molar-refractivity contribution in [3.63, 3.8) is 0 Å². The van der Waals surface area contributed by atoms with Gasteiger partial charge in [0.1, 0.15) is 5.76 Å². The molecule has 7 heteroatoms. The third kappa shape index (κ3) is 4.90. The molecule has 7 nitrogen and oxygen atoms in total. The Kier molecular flexibility index (Phi) is 6.19. The van der Waals surface area contributed by atoms with E-state index < -0.39 is 5.54 Å². The van der Waals surface area contributed by atoms with Crippen molar-refractivity contribution in [2.75, 3.05) is 19.7 Å². The summed E-state index contributed by atoms with van der Waals surface area (Å²) in [6, 6.07) is 3.72. The number of esters is 1. The second-order valence-electron chi connectivity index (χ2n) is 7.52. The number of ether oxygens (including phenoxy) is 1. The Hall–Kier alpha value is -2.31. The van der Waals surface area contributed by atoms with Crippen molar-refractivity contribution >= 4 is 17.8 Å². The highest BCUT2D eigenvalue weighted by Gasteiger charge is 2.39. The van der Waals surface area contributed by atoms with E-state index >= 15 is 0 Å². The van der Waals surface area contributed by atoms with Gasteiger partial charge in [-0.05, 0) is 44.7 Å². The van der Waals surface area contributed by atoms with Crippen LogP contribution in [0.15, 0.2) is 22.8 Å². The fourth-order valence-electron chi connectivity index (χ4n) is 4.09. The number of hydrogen-bond acceptors (Lipinski definition) is 5. The number of furan rings is 1. The summed E-state index contributed by atoms with van der Waals surface area (Å²) in [4.78, 5) is 38.3. The molecule has 0 aliphatic carbocycles. The van der Waals surface area contributed by atoms with Gasteiger partial charge in [-0.25, -0.2) is 0 Å². The molecular formula is C20H28N2O5. The third-order valence-corrected chi connectivity index (χ3v) is 5.54. The molecule has 0 saturated carbocycles. The molecule has 2 aliphatic heterocycles. The molecule has 0 aromatic carbocycles. The van der Waals surface area contributed by atoms with E-state index in [0.29, 0.717) is 51.8 Å². The molecule has 2 fully saturated rings. The quantitative estimate of drug-likeness (QED) is 0.736. The van der Waals surface area contributed by atoms with Crippen molar-refractivity contribution in [1.82, 2.24) is 10.2 Å². The molecule has 0 unspecified atom stereocenters. The molecule has 0 radical (unpaired) electrons. The SMILES string of the molecule is CCOC(=O)[C@@H]1CCCN(C(=O)CC[C@]2(Cc3ccco3)CCC(=O)N2)C1. The number of hydrogen-bond donors (Lipinski definition) is 1. The van der Waals surface area contributed by atoms with Gasteiger partial charge in [0.05, 0.1) is 18.8 Å². The Balaban J connectivity index is 1.57. The van der Waals surface area contributed by atoms with E-state index in [1.165, 1.54) is 0 Å². The summed E-state index contributed by atoms with van der Waals surface area (Å²) in [5.74, 6) is 0.418. The maximum absolute atomic E-state index is 12.7. The lowest BCUT2D eigenvalue weighted by atomic mass is 9.86. The summed E-state index contributed by atoms with van der Waals surface area (Å²) in [7, 11) is 0. The van der Waals surface area contributed by atoms with Gasteiger partial charge in [-0.2, -0.15) is 0 Å². The van der Waals surface area contributed by atoms with Crippen LogP contribution in [0.25, 0.3) is 0 Å². The number of nitrogens with one attached hydrogen (secondary N) is 1. The highest BCUT2D eigenvalue weighted by atomic mass is 16.5. The second kappa shape index (κ2) is 8.59. The lowest BCUT2D eigenvalue weighted by Gasteiger charge is -2.33. The van der Waals surface area contributed by atoms with Crippen LogP contribution in [0.3, 0.4) is 0 Å². The van der Waals surface area contributed by atoms with Gasteiger partial charge in [-0.3, -0.25) is 14.4 Å². The first-order valence-electron chi connectivity index (χ1n) is 9.79. The third-order valence-electron chi connectivity index (χ3n) is 5.54. The van der Waals surface area contributed by atoms with Crippen molar-refractivity contribution in [3.05, 3.63) is 24.2 Å². The average molecular weight is 376 g/mol. The molecule has 0 bridgehead atoms. The Morgan fingerprint density at radius 2 is 2.30 bits per heavy atom. The molecule has 2 aliphatic rings. The number of nitrogens with zero attached hydrogens (tertiary/aromatic N) is 1. The largest absolute Gasteiger partial charge is 0.469 e. The number of carbonyl (C=O) groups excluding carboxylic acids is 3. The standard InChI is InChI=1S/C20H28N2O5/c1-2-26-19(25)15-5-3-11-22(14-15)18(24)8-10-20(9-7-17(23)21-20)13-16-6-4-12-27-16/h4,6,12,15H,2-3,5,7-11,13-14H2,1H3,(H,21,23)/t15-,20+/m1/s1. The van der Waals surface area contributed by atoms with Crippen molar-refractivity contribution in [3.8, 4) is 0 Å². The fraction of sp³-hybridized carbons (Fsp3) is 0.650. The van der Waals surface area contributed by atoms with Crippen molar-refractivity contribution in [2.45, 2.75) is 57.4 Å². The van der Waals surface area contributed by atoms with Crippen molar-refractivity contribution < 1.29 is 23.5 Å². The highest BCUT2D eigenvalue weighted by molar-refractivity contribution is 5.81. The van der Waals surface area contributed by atoms with Crippen LogP contribution in [-0.2, 0) is 25.5 Å². The molecular weight excluding hydrogens is 348 g/mol. The van der Waals surface area contributed by atoms with Gasteiger partial charge in [-0.15, -0.1) is 0 Å². The Labute approximate surface area is 159 Å². The lowest BCUT2D eigenvalue weighted by Crippen LogP contribution is -2.46. The van der Waals surface area contributed by atoms with Crippen LogP contribution in [0, 0.1) is 5.92 Å². The zero-order valence-corrected chi connectivity index (χ0v) is 15.9. The number of amides is 2. The van der Waals surface area contributed by atoms with Gasteiger partial charge in [-0.1, -0.05) is 0 Å². The summed E-state index contributed by atoms with van der Waals surface area (Å²) < 4.78 is 10.5. The van der Waals surface area contributed by atoms with E-state index in [2.05, 4.69) is 5.32 Å². The topological polar surface area (TPSA) is 88.8 Å². The van der Waals surface area contributed by atoms with E-state index in [-0.39, 0.29) is 23.7 Å². The maximum Gasteiger partial charge on any atom is 0.310 e. The second-order valence-corrected chi connectivity index (χ2v) is 7.52. The van der Waals surface area contributed by atoms with Gasteiger partial charge in [0.25, 0.3) is 0 Å². The minimum absolute atomic E-state index is 0.0225. The zero-order valence-electron chi connectivity index (χ0n) is 15.9. The summed E-state index contributed by atoms with van der Waals surface area (Å²) >= 11 is 0. The van der Waals surface area contributed by atoms with Crippen molar-refractivity contribution in [1.29, 1.82) is 0 Å². The Morgan fingerprint density at radius 3 is 2.96 bits per heavy atom. The van der Waals surface area contributed by atoms with Gasteiger partial charge >= 0.3 is 5.97 Å². The predicted molar refractivity (Wildman–Crippen MR) is 97.7 cm³/mol. The van der Waals surface area contributed by atoms with E-state index in [1.54, 1.807) is 18.1 Å². The number of carbonyl (C=O) groups is 3. The zero-order chi connectivity index (χ0) is 19.3. The maximum atomic E-state index is 12.7. The Bertz CT molecular complexity index is 672. The van der Waals surface area contributed by atoms with Crippen LogP contribution in [0.2, 0.25) is 0 Å². The van der Waals surface area contributed by atoms with E-state index in [1.807, 2.05) is 12.1 Å². The number of piperidine rings is 1. The van der Waals surface area contributed by atoms with Gasteiger partial charge in [0.2, 0.25) is 11.8 Å². The van der Waals surface area contributed by atoms with E-state index in [9.17, 15) is 14.4 Å². The van der Waals surface area contributed by atoms with Crippen LogP contribution in [0.1, 0.15) is 51.2 Å². The molecule has 3 rings (SSSR count). The molecule has 2 atom stereocenters. The molecule has 1 aromatic rings. The van der Waals surface area contributed by atoms with E-state index in [0.717, 1.165) is 18.6 Å². The summed E-state index contributed by atoms with van der Waals surface area (Å²) in [5, 5.41) is 3.06. The van der Waals surface area contributed by atoms with Crippen molar-refractivity contribution in [2.24, 2.45) is 5.92 Å². The molecule has 1 aromatic heterocycles. The molecule has 27 heavy (non-hydrogen) atoms. The fourth-order valence-corrected chi connectivity index (χ4v) is 4.09. The first kappa shape index (κ1) is 19.5. The van der Waals surface area contributed by atoms with Crippen LogP contribution in [-0.4, -0.2) is 47.9 Å². The van der Waals surface area contributed by atoms with Crippen LogP contribution < -0.4 is 5.32 Å². The summed E-state index contributed by atoms with van der Waals surface area (Å²) in [6.45, 7) is 3.25. The predicted octanol–water partition coefficient (Wildman–Crippen LogP) is 2.05. The average Bonchev–Trinajstić information content (AvgIpc) is 3.30. The highest BCUT2D eigenvalue weighted by Crippen LogP contribution is 2.30. The first-order valence-corrected chi connectivity index (χ1v) is 9.79. The minimum atomic E-state index is -0.430. The number of rotatable bonds is 7. The normalized spacial score (nSPS) is 25.3. The monoisotopic (exact) mass is 376 g/mol. The van der Waals surface area contributed by atoms with Crippen LogP contribution in [0.5, 0.6) is 0 Å². The summed E-state index contributed by atoms with van der Waals surface area (Å²) in [6.07, 6.45) is 5.87. The smallest absolute Gasteiger partial charge is 0.310 e. The van der Waals surface area contributed by atoms with Gasteiger partial charge in [0.15, 0.2) is 0 Å². The molecule has 0 spiro atoms. The lowest BCUT2D eigenvalue weighted by molar-refractivity contribution is -0.151. The van der Waals surface area contributed by atoms with Crippen LogP contribution >= 0.6 is 0 Å². The van der Waals surface area contributed by atoms with Gasteiger partial charge in [0, 0.05) is 37.9 Å². The van der Waals surface area contributed by atoms with Gasteiger partial charge < -0.3 is 19.4 Å². The molecule has 3 heterocycles.